The van der Waals surface area contributed by atoms with Gasteiger partial charge in [0.15, 0.2) is 5.82 Å². The fourth-order valence-corrected chi connectivity index (χ4v) is 1.61. The predicted octanol–water partition coefficient (Wildman–Crippen LogP) is 1.01. The number of benzene rings is 1. The molecule has 2 aromatic rings. The largest absolute Gasteiger partial charge is 0.325 e. The van der Waals surface area contributed by atoms with Crippen molar-refractivity contribution in [3.63, 3.8) is 0 Å². The van der Waals surface area contributed by atoms with Crippen LogP contribution < -0.4 is 5.32 Å². The summed E-state index contributed by atoms with van der Waals surface area (Å²) in [7, 11) is 1.71. The molecule has 0 atom stereocenters. The second kappa shape index (κ2) is 4.95. The zero-order chi connectivity index (χ0) is 13.1. The minimum atomic E-state index is -0.124. The van der Waals surface area contributed by atoms with Crippen LogP contribution >= 0.6 is 0 Å². The molecule has 1 heterocycles. The lowest BCUT2D eigenvalue weighted by Crippen LogP contribution is -2.17. The first-order chi connectivity index (χ1) is 8.56. The molecular formula is C12H15N5O. The first kappa shape index (κ1) is 12.2. The van der Waals surface area contributed by atoms with Crippen molar-refractivity contribution in [1.29, 1.82) is 0 Å². The highest BCUT2D eigenvalue weighted by atomic mass is 16.1. The molecule has 1 N–H and O–H groups in total. The van der Waals surface area contributed by atoms with E-state index in [0.717, 1.165) is 16.8 Å². The number of tetrazole rings is 1. The van der Waals surface area contributed by atoms with Crippen LogP contribution in [0.4, 0.5) is 5.69 Å². The minimum absolute atomic E-state index is 0.124. The van der Waals surface area contributed by atoms with E-state index in [1.807, 2.05) is 32.0 Å². The lowest BCUT2D eigenvalue weighted by atomic mass is 10.1. The van der Waals surface area contributed by atoms with Crippen LogP contribution in [-0.4, -0.2) is 26.1 Å². The van der Waals surface area contributed by atoms with Crippen LogP contribution in [0.1, 0.15) is 17.0 Å². The van der Waals surface area contributed by atoms with Gasteiger partial charge in [0.2, 0.25) is 5.91 Å². The zero-order valence-electron chi connectivity index (χ0n) is 10.6. The van der Waals surface area contributed by atoms with Gasteiger partial charge in [0.05, 0.1) is 6.42 Å². The van der Waals surface area contributed by atoms with Crippen molar-refractivity contribution in [2.45, 2.75) is 20.3 Å². The molecule has 0 aliphatic rings. The van der Waals surface area contributed by atoms with Gasteiger partial charge in [-0.15, -0.1) is 5.10 Å². The summed E-state index contributed by atoms with van der Waals surface area (Å²) in [4.78, 5) is 11.9. The third kappa shape index (κ3) is 2.71. The van der Waals surface area contributed by atoms with Crippen molar-refractivity contribution < 1.29 is 4.79 Å². The van der Waals surface area contributed by atoms with Crippen molar-refractivity contribution in [3.05, 3.63) is 35.2 Å². The minimum Gasteiger partial charge on any atom is -0.325 e. The van der Waals surface area contributed by atoms with E-state index in [4.69, 9.17) is 0 Å². The summed E-state index contributed by atoms with van der Waals surface area (Å²) in [5, 5.41) is 13.8. The molecule has 0 saturated heterocycles. The molecule has 18 heavy (non-hydrogen) atoms. The van der Waals surface area contributed by atoms with E-state index in [1.54, 1.807) is 7.05 Å². The number of anilines is 1. The Morgan fingerprint density at radius 3 is 2.83 bits per heavy atom. The number of nitrogens with one attached hydrogen (secondary N) is 1. The van der Waals surface area contributed by atoms with Crippen molar-refractivity contribution in [2.24, 2.45) is 7.05 Å². The van der Waals surface area contributed by atoms with E-state index < -0.39 is 0 Å². The molecule has 1 aromatic heterocycles. The van der Waals surface area contributed by atoms with Gasteiger partial charge in [0.25, 0.3) is 0 Å². The zero-order valence-corrected chi connectivity index (χ0v) is 10.6. The SMILES string of the molecule is Cc1ccc(C)c(NC(=O)Cc2nnnn2C)c1. The van der Waals surface area contributed by atoms with Crippen molar-refractivity contribution in [2.75, 3.05) is 5.32 Å². The highest BCUT2D eigenvalue weighted by Gasteiger charge is 2.10. The van der Waals surface area contributed by atoms with Crippen LogP contribution in [0.3, 0.4) is 0 Å². The van der Waals surface area contributed by atoms with Crippen LogP contribution in [0.15, 0.2) is 18.2 Å². The Labute approximate surface area is 105 Å². The van der Waals surface area contributed by atoms with Crippen LogP contribution in [-0.2, 0) is 18.3 Å². The standard InChI is InChI=1S/C12H15N5O/c1-8-4-5-9(2)10(6-8)13-12(18)7-11-14-15-16-17(11)3/h4-6H,7H2,1-3H3,(H,13,18). The summed E-state index contributed by atoms with van der Waals surface area (Å²) >= 11 is 0. The Morgan fingerprint density at radius 1 is 1.39 bits per heavy atom. The van der Waals surface area contributed by atoms with E-state index in [1.165, 1.54) is 4.68 Å². The number of rotatable bonds is 3. The summed E-state index contributed by atoms with van der Waals surface area (Å²) in [5.74, 6) is 0.416. The summed E-state index contributed by atoms with van der Waals surface area (Å²) in [6, 6.07) is 5.94. The average molecular weight is 245 g/mol. The number of carbonyl (C=O) groups excluding carboxylic acids is 1. The van der Waals surface area contributed by atoms with Crippen LogP contribution in [0, 0.1) is 13.8 Å². The van der Waals surface area contributed by atoms with Gasteiger partial charge in [-0.05, 0) is 41.5 Å². The maximum Gasteiger partial charge on any atom is 0.232 e. The van der Waals surface area contributed by atoms with E-state index >= 15 is 0 Å². The normalized spacial score (nSPS) is 10.4. The number of hydrogen-bond donors (Lipinski definition) is 1. The molecule has 0 spiro atoms. The molecule has 0 bridgehead atoms. The third-order valence-corrected chi connectivity index (χ3v) is 2.69. The van der Waals surface area contributed by atoms with Crippen LogP contribution in [0.2, 0.25) is 0 Å². The Bertz CT molecular complexity index is 576. The van der Waals surface area contributed by atoms with E-state index in [9.17, 15) is 4.79 Å². The highest BCUT2D eigenvalue weighted by Crippen LogP contribution is 2.16. The molecule has 2 rings (SSSR count). The highest BCUT2D eigenvalue weighted by molar-refractivity contribution is 5.92. The molecule has 94 valence electrons. The molecule has 0 unspecified atom stereocenters. The number of hydrogen-bond acceptors (Lipinski definition) is 4. The lowest BCUT2D eigenvalue weighted by molar-refractivity contribution is -0.115. The molecule has 0 aliphatic carbocycles. The second-order valence-corrected chi connectivity index (χ2v) is 4.26. The lowest BCUT2D eigenvalue weighted by Gasteiger charge is -2.08. The summed E-state index contributed by atoms with van der Waals surface area (Å²) < 4.78 is 1.49. The van der Waals surface area contributed by atoms with E-state index in [-0.39, 0.29) is 12.3 Å². The van der Waals surface area contributed by atoms with Gasteiger partial charge < -0.3 is 5.32 Å². The van der Waals surface area contributed by atoms with Crippen molar-refractivity contribution in [3.8, 4) is 0 Å². The monoisotopic (exact) mass is 245 g/mol. The Hall–Kier alpha value is -2.24. The Morgan fingerprint density at radius 2 is 2.17 bits per heavy atom. The first-order valence-corrected chi connectivity index (χ1v) is 5.64. The number of aryl methyl sites for hydroxylation is 3. The third-order valence-electron chi connectivity index (χ3n) is 2.69. The van der Waals surface area contributed by atoms with Gasteiger partial charge in [0, 0.05) is 12.7 Å². The molecule has 0 saturated carbocycles. The maximum atomic E-state index is 11.9. The first-order valence-electron chi connectivity index (χ1n) is 5.64. The molecular weight excluding hydrogens is 230 g/mol. The van der Waals surface area contributed by atoms with Crippen LogP contribution in [0.25, 0.3) is 0 Å². The molecule has 0 radical (unpaired) electrons. The fraction of sp³-hybridized carbons (Fsp3) is 0.333. The average Bonchev–Trinajstić information content (AvgIpc) is 2.70. The number of amides is 1. The quantitative estimate of drug-likeness (QED) is 0.875. The number of nitrogens with zero attached hydrogens (tertiary/aromatic N) is 4. The summed E-state index contributed by atoms with van der Waals surface area (Å²) in [5.41, 5.74) is 2.97. The van der Waals surface area contributed by atoms with E-state index in [2.05, 4.69) is 20.8 Å². The summed E-state index contributed by atoms with van der Waals surface area (Å²) in [6.07, 6.45) is 0.164. The molecule has 1 amide bonds. The van der Waals surface area contributed by atoms with Gasteiger partial charge in [-0.1, -0.05) is 12.1 Å². The van der Waals surface area contributed by atoms with E-state index in [0.29, 0.717) is 5.82 Å². The fourth-order valence-electron chi connectivity index (χ4n) is 1.61. The number of aromatic nitrogens is 4. The van der Waals surface area contributed by atoms with Crippen molar-refractivity contribution >= 4 is 11.6 Å². The number of carbonyl (C=O) groups is 1. The van der Waals surface area contributed by atoms with Gasteiger partial charge >= 0.3 is 0 Å². The topological polar surface area (TPSA) is 72.7 Å². The van der Waals surface area contributed by atoms with Gasteiger partial charge in [0.1, 0.15) is 0 Å². The van der Waals surface area contributed by atoms with Gasteiger partial charge in [-0.3, -0.25) is 4.79 Å². The molecule has 1 aromatic carbocycles. The van der Waals surface area contributed by atoms with Crippen molar-refractivity contribution in [1.82, 2.24) is 20.2 Å². The van der Waals surface area contributed by atoms with Gasteiger partial charge in [-0.2, -0.15) is 0 Å². The Balaban J connectivity index is 2.08. The van der Waals surface area contributed by atoms with Gasteiger partial charge in [-0.25, -0.2) is 4.68 Å². The Kier molecular flexibility index (Phi) is 3.36. The molecule has 6 heteroatoms. The predicted molar refractivity (Wildman–Crippen MR) is 67.0 cm³/mol. The van der Waals surface area contributed by atoms with Crippen LogP contribution in [0.5, 0.6) is 0 Å². The maximum absolute atomic E-state index is 11.9. The smallest absolute Gasteiger partial charge is 0.232 e. The molecule has 6 nitrogen and oxygen atoms in total. The summed E-state index contributed by atoms with van der Waals surface area (Å²) in [6.45, 7) is 3.95. The molecule has 0 aliphatic heterocycles. The molecule has 0 fully saturated rings. The second-order valence-electron chi connectivity index (χ2n) is 4.26.